The van der Waals surface area contributed by atoms with Gasteiger partial charge in [-0.3, -0.25) is 9.59 Å². The maximum absolute atomic E-state index is 14.0. The summed E-state index contributed by atoms with van der Waals surface area (Å²) in [7, 11) is 5.46. The summed E-state index contributed by atoms with van der Waals surface area (Å²) >= 11 is 8.38. The van der Waals surface area contributed by atoms with E-state index in [1.807, 2.05) is 85.9 Å². The van der Waals surface area contributed by atoms with E-state index in [4.69, 9.17) is 28.8 Å². The number of hydrogen-bond acceptors (Lipinski definition) is 9. The number of likely N-dealkylation sites (N-methyl/N-ethyl adjacent to an activating group) is 1. The number of para-hydroxylation sites is 1. The molecule has 0 fully saturated rings. The summed E-state index contributed by atoms with van der Waals surface area (Å²) in [5.74, 6) is 0.0987. The van der Waals surface area contributed by atoms with Gasteiger partial charge in [-0.15, -0.1) is 0 Å². The molecule has 256 valence electrons. The number of nitrogens with two attached hydrogens (primary N) is 3. The molecule has 2 aromatic carbocycles. The number of carbonyl (C=O) groups is 2. The van der Waals surface area contributed by atoms with Gasteiger partial charge in [-0.25, -0.2) is 9.97 Å². The van der Waals surface area contributed by atoms with Gasteiger partial charge in [0.05, 0.1) is 11.1 Å². The molecule has 3 heterocycles. The molecule has 8 N–H and O–H groups in total. The fourth-order valence-electron chi connectivity index (χ4n) is 5.60. The molecule has 5 rings (SSSR count). The van der Waals surface area contributed by atoms with Crippen molar-refractivity contribution in [1.29, 1.82) is 0 Å². The summed E-state index contributed by atoms with van der Waals surface area (Å²) in [6.45, 7) is 0.414. The van der Waals surface area contributed by atoms with Crippen molar-refractivity contribution in [3.8, 4) is 11.1 Å². The number of hydrogen-bond donors (Lipinski definition) is 5. The van der Waals surface area contributed by atoms with Crippen LogP contribution in [0.25, 0.3) is 22.0 Å². The normalized spacial score (nSPS) is 12.5. The lowest BCUT2D eigenvalue weighted by Gasteiger charge is -2.29. The van der Waals surface area contributed by atoms with E-state index in [2.05, 4.69) is 20.3 Å². The van der Waals surface area contributed by atoms with Crippen molar-refractivity contribution in [3.63, 3.8) is 0 Å². The number of benzene rings is 2. The summed E-state index contributed by atoms with van der Waals surface area (Å²) in [6, 6.07) is 17.8. The van der Waals surface area contributed by atoms with Crippen LogP contribution in [0.1, 0.15) is 23.1 Å². The fraction of sp³-hybridized carbons (Fsp3) is 0.278. The average Bonchev–Trinajstić information content (AvgIpc) is 3.54. The molecule has 0 saturated carbocycles. The summed E-state index contributed by atoms with van der Waals surface area (Å²) in [5, 5.41) is 5.38. The van der Waals surface area contributed by atoms with Gasteiger partial charge in [-0.1, -0.05) is 47.6 Å². The second kappa shape index (κ2) is 16.3. The number of fused-ring (bicyclic) bond motifs is 1. The molecule has 0 aliphatic rings. The number of H-pyrrole nitrogens is 1. The van der Waals surface area contributed by atoms with Crippen LogP contribution in [0, 0.1) is 0 Å². The maximum Gasteiger partial charge on any atom is 0.243 e. The van der Waals surface area contributed by atoms with Crippen molar-refractivity contribution in [2.24, 2.45) is 17.2 Å². The van der Waals surface area contributed by atoms with Crippen molar-refractivity contribution in [3.05, 3.63) is 101 Å². The van der Waals surface area contributed by atoms with E-state index < -0.39 is 18.0 Å². The van der Waals surface area contributed by atoms with E-state index in [9.17, 15) is 9.59 Å². The van der Waals surface area contributed by atoms with Crippen LogP contribution in [-0.2, 0) is 29.1 Å². The predicted octanol–water partition coefficient (Wildman–Crippen LogP) is 4.32. The smallest absolute Gasteiger partial charge is 0.243 e. The summed E-state index contributed by atoms with van der Waals surface area (Å²) in [6.07, 6.45) is 6.37. The number of anilines is 1. The first-order chi connectivity index (χ1) is 23.6. The number of aryl methyl sites for hydroxylation is 1. The molecule has 2 amide bonds. The third kappa shape index (κ3) is 8.41. The van der Waals surface area contributed by atoms with Crippen molar-refractivity contribution in [2.75, 3.05) is 32.6 Å². The molecule has 0 bridgehead atoms. The van der Waals surface area contributed by atoms with Crippen LogP contribution >= 0.6 is 23.4 Å². The number of carbonyl (C=O) groups excluding carboxylic acids is 2. The molecule has 0 unspecified atom stereocenters. The number of nitrogens with zero attached hydrogens (tertiary/aromatic N) is 4. The summed E-state index contributed by atoms with van der Waals surface area (Å²) in [5.41, 5.74) is 23.2. The predicted molar refractivity (Wildman–Crippen MR) is 197 cm³/mol. The molecule has 3 aromatic heterocycles. The molecule has 0 spiro atoms. The minimum absolute atomic E-state index is 0.0332. The highest BCUT2D eigenvalue weighted by molar-refractivity contribution is 7.99. The van der Waals surface area contributed by atoms with Gasteiger partial charge in [0.25, 0.3) is 0 Å². The van der Waals surface area contributed by atoms with Crippen LogP contribution in [0.3, 0.4) is 0 Å². The Kier molecular flexibility index (Phi) is 11.9. The quantitative estimate of drug-likeness (QED) is 0.113. The second-order valence-electron chi connectivity index (χ2n) is 11.9. The number of halogens is 1. The molecule has 11 nitrogen and oxygen atoms in total. The molecule has 0 saturated heterocycles. The van der Waals surface area contributed by atoms with Crippen LogP contribution < -0.4 is 27.4 Å². The molecule has 49 heavy (non-hydrogen) atoms. The Hall–Kier alpha value is -4.46. The van der Waals surface area contributed by atoms with Crippen LogP contribution in [0.2, 0.25) is 5.02 Å². The summed E-state index contributed by atoms with van der Waals surface area (Å²) < 4.78 is 0. The number of aromatic nitrogens is 3. The van der Waals surface area contributed by atoms with Gasteiger partial charge in [0.15, 0.2) is 0 Å². The van der Waals surface area contributed by atoms with Gasteiger partial charge in [0, 0.05) is 80.7 Å². The molecule has 13 heteroatoms. The topological polar surface area (TPSA) is 172 Å². The zero-order chi connectivity index (χ0) is 35.1. The van der Waals surface area contributed by atoms with Crippen molar-refractivity contribution in [1.82, 2.24) is 25.2 Å². The Bertz CT molecular complexity index is 1910. The van der Waals surface area contributed by atoms with E-state index in [1.54, 1.807) is 19.4 Å². The largest absolute Gasteiger partial charge is 0.363 e. The second-order valence-corrected chi connectivity index (χ2v) is 13.3. The zero-order valence-corrected chi connectivity index (χ0v) is 29.4. The molecule has 2 atom stereocenters. The fourth-order valence-corrected chi connectivity index (χ4v) is 6.96. The van der Waals surface area contributed by atoms with Gasteiger partial charge in [-0.05, 0) is 71.5 Å². The average molecular weight is 700 g/mol. The highest BCUT2D eigenvalue weighted by atomic mass is 35.5. The first kappa shape index (κ1) is 35.8. The third-order valence-corrected chi connectivity index (χ3v) is 10.1. The standard InChI is InChI=1S/C36H42ClN9O2S/c1-45(2)32-13-11-23(19-43-32)25-15-26(33(28(37)16-25)49-35-22(17-38)7-6-14-41-35)21-44-34(47)31(46(3)36(48)29(40)18-39)12-10-24-20-42-30-9-5-4-8-27(24)30/h4-9,11,13-16,19-20,29,31,42H,10,12,17-18,21,38-40H2,1-3H3,(H,44,47)/t29-,31-/m0/s1. The number of amides is 2. The van der Waals surface area contributed by atoms with Crippen LogP contribution in [0.5, 0.6) is 0 Å². The Balaban J connectivity index is 1.46. The maximum atomic E-state index is 14.0. The molecule has 0 aliphatic heterocycles. The van der Waals surface area contributed by atoms with E-state index in [1.165, 1.54) is 16.7 Å². The number of rotatable bonds is 14. The Morgan fingerprint density at radius 3 is 2.49 bits per heavy atom. The molecular weight excluding hydrogens is 658 g/mol. The molecule has 0 aliphatic carbocycles. The van der Waals surface area contributed by atoms with Crippen LogP contribution in [0.15, 0.2) is 89.2 Å². The van der Waals surface area contributed by atoms with E-state index in [0.29, 0.717) is 24.4 Å². The van der Waals surface area contributed by atoms with Gasteiger partial charge in [-0.2, -0.15) is 0 Å². The number of pyridine rings is 2. The molecule has 5 aromatic rings. The zero-order valence-electron chi connectivity index (χ0n) is 27.8. The minimum atomic E-state index is -0.922. The highest BCUT2D eigenvalue weighted by Gasteiger charge is 2.30. The first-order valence-electron chi connectivity index (χ1n) is 15.9. The van der Waals surface area contributed by atoms with Gasteiger partial charge in [0.1, 0.15) is 16.9 Å². The lowest BCUT2D eigenvalue weighted by Crippen LogP contribution is -2.54. The Morgan fingerprint density at radius 1 is 0.980 bits per heavy atom. The van der Waals surface area contributed by atoms with Gasteiger partial charge >= 0.3 is 0 Å². The van der Waals surface area contributed by atoms with Crippen molar-refractivity contribution >= 4 is 51.9 Å². The SMILES string of the molecule is CN(C)c1ccc(-c2cc(Cl)c(Sc3ncccc3CN)c(CNC(=O)[C@H](CCc3c[nH]c4ccccc34)N(C)C(=O)[C@@H](N)CN)c2)cn1. The van der Waals surface area contributed by atoms with E-state index >= 15 is 0 Å². The lowest BCUT2D eigenvalue weighted by atomic mass is 10.0. The monoisotopic (exact) mass is 699 g/mol. The lowest BCUT2D eigenvalue weighted by molar-refractivity contribution is -0.140. The van der Waals surface area contributed by atoms with Crippen LogP contribution in [0.4, 0.5) is 5.82 Å². The van der Waals surface area contributed by atoms with E-state index in [-0.39, 0.29) is 19.0 Å². The van der Waals surface area contributed by atoms with E-state index in [0.717, 1.165) is 54.5 Å². The van der Waals surface area contributed by atoms with Gasteiger partial charge < -0.3 is 37.3 Å². The number of nitrogens with one attached hydrogen (secondary N) is 2. The Morgan fingerprint density at radius 2 is 1.78 bits per heavy atom. The van der Waals surface area contributed by atoms with Crippen molar-refractivity contribution < 1.29 is 9.59 Å². The minimum Gasteiger partial charge on any atom is -0.363 e. The highest BCUT2D eigenvalue weighted by Crippen LogP contribution is 2.39. The number of aromatic amines is 1. The third-order valence-electron chi connectivity index (χ3n) is 8.43. The Labute approximate surface area is 295 Å². The summed E-state index contributed by atoms with van der Waals surface area (Å²) in [4.78, 5) is 43.7. The van der Waals surface area contributed by atoms with Crippen molar-refractivity contribution in [2.45, 2.75) is 47.9 Å². The van der Waals surface area contributed by atoms with Gasteiger partial charge in [0.2, 0.25) is 11.8 Å². The molecular formula is C36H42ClN9O2S. The van der Waals surface area contributed by atoms with Crippen LogP contribution in [-0.4, -0.2) is 71.4 Å². The molecule has 0 radical (unpaired) electrons. The first-order valence-corrected chi connectivity index (χ1v) is 17.1.